The van der Waals surface area contributed by atoms with E-state index >= 15 is 0 Å². The number of nitrogens with zero attached hydrogens (tertiary/aromatic N) is 1. The van der Waals surface area contributed by atoms with Crippen LogP contribution in [-0.2, 0) is 4.79 Å². The lowest BCUT2D eigenvalue weighted by Gasteiger charge is -2.57. The van der Waals surface area contributed by atoms with E-state index in [0.717, 1.165) is 48.1 Å². The molecule has 2 aromatic rings. The third kappa shape index (κ3) is 4.01. The van der Waals surface area contributed by atoms with Gasteiger partial charge in [0.05, 0.1) is 12.6 Å². The molecule has 35 heavy (non-hydrogen) atoms. The summed E-state index contributed by atoms with van der Waals surface area (Å²) in [6.07, 6.45) is 5.10. The Kier molecular flexibility index (Phi) is 6.11. The van der Waals surface area contributed by atoms with Gasteiger partial charge in [-0.05, 0) is 58.2 Å². The Morgan fingerprint density at radius 3 is 2.69 bits per heavy atom. The molecule has 0 radical (unpaired) electrons. The Labute approximate surface area is 207 Å². The van der Waals surface area contributed by atoms with Gasteiger partial charge in [0.25, 0.3) is 0 Å². The molecule has 0 unspecified atom stereocenters. The predicted molar refractivity (Wildman–Crippen MR) is 135 cm³/mol. The number of aryl methyl sites for hydroxylation is 2. The third-order valence-electron chi connectivity index (χ3n) is 7.70. The van der Waals surface area contributed by atoms with E-state index in [1.54, 1.807) is 4.90 Å². The molecule has 2 heterocycles. The molecule has 1 aliphatic carbocycles. The quantitative estimate of drug-likeness (QED) is 0.599. The number of fused-ring (bicyclic) bond motifs is 4. The summed E-state index contributed by atoms with van der Waals surface area (Å²) in [5, 5.41) is 6.32. The number of carbonyl (C=O) groups is 2. The lowest BCUT2D eigenvalue weighted by molar-refractivity contribution is -0.163. The lowest BCUT2D eigenvalue weighted by atomic mass is 9.77. The minimum Gasteiger partial charge on any atom is -0.490 e. The van der Waals surface area contributed by atoms with Crippen molar-refractivity contribution in [2.75, 3.05) is 11.9 Å². The first kappa shape index (κ1) is 23.5. The van der Waals surface area contributed by atoms with Crippen LogP contribution in [-0.4, -0.2) is 35.2 Å². The second-order valence-electron chi connectivity index (χ2n) is 10.1. The van der Waals surface area contributed by atoms with E-state index in [1.165, 1.54) is 6.42 Å². The van der Waals surface area contributed by atoms with E-state index in [2.05, 4.69) is 16.7 Å². The van der Waals surface area contributed by atoms with Gasteiger partial charge >= 0.3 is 6.03 Å². The fourth-order valence-electron chi connectivity index (χ4n) is 6.11. The molecule has 2 aliphatic heterocycles. The molecule has 0 spiro atoms. The Morgan fingerprint density at radius 1 is 1.20 bits per heavy atom. The predicted octanol–water partition coefficient (Wildman–Crippen LogP) is 5.46. The molecule has 7 heteroatoms. The standard InChI is InChI=1S/C28H35N3O4/c1-5-34-22-13-9-12-20-24-23(26(32)29-21-15-14-17(2)16-18(21)3)28(4,35-25(20)22)31(27(33)30-24)19-10-7-6-8-11-19/h9,12-16,19,23-24H,5-8,10-11H2,1-4H3,(H,29,32)(H,30,33)/t23-,24-,28-/m0/s1. The van der Waals surface area contributed by atoms with Crippen LogP contribution in [0.4, 0.5) is 10.5 Å². The zero-order valence-corrected chi connectivity index (χ0v) is 21.0. The van der Waals surface area contributed by atoms with Crippen molar-refractivity contribution < 1.29 is 19.1 Å². The number of benzene rings is 2. The van der Waals surface area contributed by atoms with Crippen LogP contribution in [0, 0.1) is 19.8 Å². The summed E-state index contributed by atoms with van der Waals surface area (Å²) in [7, 11) is 0. The van der Waals surface area contributed by atoms with Crippen LogP contribution in [0.3, 0.4) is 0 Å². The van der Waals surface area contributed by atoms with Crippen molar-refractivity contribution in [1.29, 1.82) is 0 Å². The van der Waals surface area contributed by atoms with Crippen molar-refractivity contribution in [1.82, 2.24) is 10.2 Å². The van der Waals surface area contributed by atoms with Crippen molar-refractivity contribution in [2.45, 2.75) is 77.6 Å². The molecule has 1 saturated heterocycles. The van der Waals surface area contributed by atoms with Gasteiger partial charge in [-0.15, -0.1) is 0 Å². The minimum atomic E-state index is -1.15. The largest absolute Gasteiger partial charge is 0.490 e. The number of hydrogen-bond acceptors (Lipinski definition) is 4. The smallest absolute Gasteiger partial charge is 0.321 e. The van der Waals surface area contributed by atoms with Crippen molar-refractivity contribution in [3.05, 3.63) is 53.1 Å². The van der Waals surface area contributed by atoms with Gasteiger partial charge in [-0.1, -0.05) is 49.1 Å². The molecule has 2 bridgehead atoms. The molecule has 3 amide bonds. The first-order valence-corrected chi connectivity index (χ1v) is 12.8. The summed E-state index contributed by atoms with van der Waals surface area (Å²) in [5.41, 5.74) is 2.52. The monoisotopic (exact) mass is 477 g/mol. The van der Waals surface area contributed by atoms with Gasteiger partial charge in [0, 0.05) is 17.3 Å². The number of amides is 3. The number of nitrogens with one attached hydrogen (secondary N) is 2. The summed E-state index contributed by atoms with van der Waals surface area (Å²) in [6, 6.07) is 11.0. The Hall–Kier alpha value is -3.22. The Morgan fingerprint density at radius 2 is 1.97 bits per heavy atom. The van der Waals surface area contributed by atoms with E-state index in [4.69, 9.17) is 9.47 Å². The van der Waals surface area contributed by atoms with E-state index in [1.807, 2.05) is 58.0 Å². The summed E-state index contributed by atoms with van der Waals surface area (Å²) in [5.74, 6) is 0.428. The molecule has 1 saturated carbocycles. The SMILES string of the molecule is CCOc1cccc2c1O[C@@]1(C)[C@H](C(=O)Nc3ccc(C)cc3C)[C@H]2NC(=O)N1C1CCCCC1. The second kappa shape index (κ2) is 9.10. The number of anilines is 1. The molecule has 3 atom stereocenters. The number of urea groups is 1. The van der Waals surface area contributed by atoms with Crippen molar-refractivity contribution in [3.63, 3.8) is 0 Å². The van der Waals surface area contributed by atoms with Gasteiger partial charge < -0.3 is 20.1 Å². The summed E-state index contributed by atoms with van der Waals surface area (Å²) in [6.45, 7) is 8.34. The third-order valence-corrected chi connectivity index (χ3v) is 7.70. The molecule has 0 aromatic heterocycles. The van der Waals surface area contributed by atoms with Gasteiger partial charge in [0.15, 0.2) is 17.2 Å². The number of para-hydroxylation sites is 1. The topological polar surface area (TPSA) is 79.9 Å². The average Bonchev–Trinajstić information content (AvgIpc) is 2.82. The van der Waals surface area contributed by atoms with Gasteiger partial charge in [-0.25, -0.2) is 4.79 Å². The van der Waals surface area contributed by atoms with Gasteiger partial charge in [-0.3, -0.25) is 9.69 Å². The molecule has 5 rings (SSSR count). The highest BCUT2D eigenvalue weighted by molar-refractivity contribution is 5.97. The maximum Gasteiger partial charge on any atom is 0.321 e. The molecule has 7 nitrogen and oxygen atoms in total. The summed E-state index contributed by atoms with van der Waals surface area (Å²) >= 11 is 0. The molecule has 2 fully saturated rings. The van der Waals surface area contributed by atoms with E-state index < -0.39 is 17.7 Å². The van der Waals surface area contributed by atoms with Gasteiger partial charge in [0.1, 0.15) is 5.92 Å². The van der Waals surface area contributed by atoms with Crippen molar-refractivity contribution in [2.24, 2.45) is 5.92 Å². The Bertz CT molecular complexity index is 1140. The van der Waals surface area contributed by atoms with Crippen molar-refractivity contribution >= 4 is 17.6 Å². The number of hydrogen-bond donors (Lipinski definition) is 2. The summed E-state index contributed by atoms with van der Waals surface area (Å²) in [4.78, 5) is 29.3. The maximum absolute atomic E-state index is 14.0. The average molecular weight is 478 g/mol. The molecular weight excluding hydrogens is 442 g/mol. The maximum atomic E-state index is 14.0. The van der Waals surface area contributed by atoms with Crippen LogP contribution < -0.4 is 20.1 Å². The van der Waals surface area contributed by atoms with Crippen LogP contribution in [0.1, 0.15) is 68.7 Å². The number of carbonyl (C=O) groups excluding carboxylic acids is 2. The molecule has 2 aromatic carbocycles. The summed E-state index contributed by atoms with van der Waals surface area (Å²) < 4.78 is 12.6. The van der Waals surface area contributed by atoms with Crippen LogP contribution in [0.2, 0.25) is 0 Å². The Balaban J connectivity index is 1.59. The molecular formula is C28H35N3O4. The first-order chi connectivity index (χ1) is 16.8. The molecule has 186 valence electrons. The van der Waals surface area contributed by atoms with Gasteiger partial charge in [-0.2, -0.15) is 0 Å². The van der Waals surface area contributed by atoms with E-state index in [0.29, 0.717) is 18.1 Å². The second-order valence-corrected chi connectivity index (χ2v) is 10.1. The normalized spacial score (nSPS) is 25.8. The van der Waals surface area contributed by atoms with Crippen LogP contribution in [0.5, 0.6) is 11.5 Å². The van der Waals surface area contributed by atoms with Crippen molar-refractivity contribution in [3.8, 4) is 11.5 Å². The van der Waals surface area contributed by atoms with Gasteiger partial charge in [0.2, 0.25) is 5.91 Å². The fourth-order valence-corrected chi connectivity index (χ4v) is 6.11. The number of rotatable bonds is 5. The fraction of sp³-hybridized carbons (Fsp3) is 0.500. The highest BCUT2D eigenvalue weighted by Gasteiger charge is 2.61. The highest BCUT2D eigenvalue weighted by atomic mass is 16.5. The zero-order chi connectivity index (χ0) is 24.7. The van der Waals surface area contributed by atoms with E-state index in [-0.39, 0.29) is 18.0 Å². The lowest BCUT2D eigenvalue weighted by Crippen LogP contribution is -2.73. The highest BCUT2D eigenvalue weighted by Crippen LogP contribution is 2.52. The minimum absolute atomic E-state index is 0.0203. The number of ether oxygens (including phenoxy) is 2. The molecule has 3 aliphatic rings. The zero-order valence-electron chi connectivity index (χ0n) is 21.0. The first-order valence-electron chi connectivity index (χ1n) is 12.8. The van der Waals surface area contributed by atoms with Crippen LogP contribution in [0.15, 0.2) is 36.4 Å². The molecule has 2 N–H and O–H groups in total. The van der Waals surface area contributed by atoms with E-state index in [9.17, 15) is 9.59 Å². The van der Waals surface area contributed by atoms with Crippen LogP contribution >= 0.6 is 0 Å². The van der Waals surface area contributed by atoms with Crippen LogP contribution in [0.25, 0.3) is 0 Å².